The number of H-pyrrole nitrogens is 1. The molecule has 2 rings (SSSR count). The molecular formula is C6H7N3O2S2. The molecule has 0 saturated carbocycles. The molecule has 0 aliphatic carbocycles. The number of nitrogen functional groups attached to an aromatic ring is 1. The van der Waals surface area contributed by atoms with Gasteiger partial charge in [0.15, 0.2) is 19.7 Å². The van der Waals surface area contributed by atoms with Crippen molar-refractivity contribution in [2.24, 2.45) is 0 Å². The second-order valence-corrected chi connectivity index (χ2v) is 5.69. The smallest absolute Gasteiger partial charge is 0.187 e. The number of anilines is 1. The number of hydrogen-bond acceptors (Lipinski definition) is 5. The van der Waals surface area contributed by atoms with Crippen molar-refractivity contribution in [1.29, 1.82) is 0 Å². The highest BCUT2D eigenvalue weighted by Gasteiger charge is 2.18. The van der Waals surface area contributed by atoms with Gasteiger partial charge in [-0.1, -0.05) is 0 Å². The average molecular weight is 217 g/mol. The number of nitrogens with one attached hydrogen (secondary N) is 1. The molecule has 0 aliphatic rings. The molecule has 2 heterocycles. The molecule has 13 heavy (non-hydrogen) atoms. The van der Waals surface area contributed by atoms with Gasteiger partial charge >= 0.3 is 0 Å². The fourth-order valence-electron chi connectivity index (χ4n) is 1.10. The lowest BCUT2D eigenvalue weighted by Gasteiger charge is -1.91. The molecule has 0 amide bonds. The molecule has 0 aliphatic heterocycles. The molecule has 0 fully saturated rings. The summed E-state index contributed by atoms with van der Waals surface area (Å²) in [7, 11) is -3.22. The van der Waals surface area contributed by atoms with Crippen molar-refractivity contribution in [3.8, 4) is 0 Å². The van der Waals surface area contributed by atoms with E-state index in [-0.39, 0.29) is 4.21 Å². The number of rotatable bonds is 1. The minimum atomic E-state index is -3.22. The SMILES string of the molecule is CS(=O)(=O)c1snc2[nH]cc(N)c12. The van der Waals surface area contributed by atoms with Gasteiger partial charge in [0.1, 0.15) is 0 Å². The molecule has 0 radical (unpaired) electrons. The standard InChI is InChI=1S/C6H7N3O2S2/c1-13(10,11)6-4-3(7)2-8-5(4)9-12-6/h2H,7H2,1H3,(H,8,9). The highest BCUT2D eigenvalue weighted by atomic mass is 32.2. The van der Waals surface area contributed by atoms with E-state index in [0.717, 1.165) is 17.8 Å². The van der Waals surface area contributed by atoms with Crippen LogP contribution in [0.5, 0.6) is 0 Å². The van der Waals surface area contributed by atoms with Crippen molar-refractivity contribution >= 4 is 38.1 Å². The Balaban J connectivity index is 2.92. The number of nitrogens with zero attached hydrogens (tertiary/aromatic N) is 1. The number of aromatic nitrogens is 2. The first-order chi connectivity index (χ1) is 6.00. The molecule has 5 nitrogen and oxygen atoms in total. The molecule has 2 aromatic rings. The third-order valence-corrected chi connectivity index (χ3v) is 4.30. The van der Waals surface area contributed by atoms with E-state index >= 15 is 0 Å². The van der Waals surface area contributed by atoms with E-state index in [1.807, 2.05) is 0 Å². The molecule has 0 saturated heterocycles. The zero-order valence-corrected chi connectivity index (χ0v) is 8.37. The Bertz CT molecular complexity index is 551. The summed E-state index contributed by atoms with van der Waals surface area (Å²) in [5.41, 5.74) is 6.54. The van der Waals surface area contributed by atoms with Crippen molar-refractivity contribution in [2.45, 2.75) is 4.21 Å². The van der Waals surface area contributed by atoms with E-state index in [9.17, 15) is 8.42 Å². The molecule has 3 N–H and O–H groups in total. The van der Waals surface area contributed by atoms with Crippen LogP contribution in [-0.4, -0.2) is 24.0 Å². The summed E-state index contributed by atoms with van der Waals surface area (Å²) >= 11 is 0.941. The number of sulfone groups is 1. The van der Waals surface area contributed by atoms with E-state index in [4.69, 9.17) is 5.73 Å². The highest BCUT2D eigenvalue weighted by molar-refractivity contribution is 7.93. The molecule has 7 heteroatoms. The maximum absolute atomic E-state index is 11.3. The Kier molecular flexibility index (Phi) is 1.61. The first-order valence-corrected chi connectivity index (χ1v) is 6.09. The van der Waals surface area contributed by atoms with Crippen LogP contribution in [0.1, 0.15) is 0 Å². The van der Waals surface area contributed by atoms with Crippen LogP contribution in [0.3, 0.4) is 0 Å². The fourth-order valence-corrected chi connectivity index (χ4v) is 2.96. The second-order valence-electron chi connectivity index (χ2n) is 2.71. The summed E-state index contributed by atoms with van der Waals surface area (Å²) in [6, 6.07) is 0. The van der Waals surface area contributed by atoms with Gasteiger partial charge in [0.2, 0.25) is 0 Å². The van der Waals surface area contributed by atoms with E-state index in [2.05, 4.69) is 9.36 Å². The average Bonchev–Trinajstić information content (AvgIpc) is 2.51. The van der Waals surface area contributed by atoms with E-state index in [1.54, 1.807) is 6.20 Å². The molecule has 2 aromatic heterocycles. The number of fused-ring (bicyclic) bond motifs is 1. The number of nitrogens with two attached hydrogens (primary N) is 1. The van der Waals surface area contributed by atoms with E-state index in [0.29, 0.717) is 16.7 Å². The Morgan fingerprint density at radius 1 is 1.62 bits per heavy atom. The quantitative estimate of drug-likeness (QED) is 0.732. The van der Waals surface area contributed by atoms with Gasteiger partial charge in [0, 0.05) is 12.5 Å². The number of hydrogen-bond donors (Lipinski definition) is 2. The van der Waals surface area contributed by atoms with Crippen molar-refractivity contribution < 1.29 is 8.42 Å². The summed E-state index contributed by atoms with van der Waals surface area (Å²) in [4.78, 5) is 2.79. The first kappa shape index (κ1) is 8.52. The normalized spacial score (nSPS) is 12.4. The maximum atomic E-state index is 11.3. The van der Waals surface area contributed by atoms with Gasteiger partial charge in [-0.15, -0.1) is 0 Å². The predicted molar refractivity (Wildman–Crippen MR) is 51.5 cm³/mol. The minimum Gasteiger partial charge on any atom is -0.397 e. The summed E-state index contributed by atoms with van der Waals surface area (Å²) in [5.74, 6) is 0. The molecule has 0 atom stereocenters. The Hall–Kier alpha value is -1.08. The van der Waals surface area contributed by atoms with Crippen LogP contribution in [0.15, 0.2) is 10.4 Å². The van der Waals surface area contributed by atoms with E-state index in [1.165, 1.54) is 0 Å². The third kappa shape index (κ3) is 1.20. The van der Waals surface area contributed by atoms with Gasteiger partial charge in [0.05, 0.1) is 11.1 Å². The molecule has 70 valence electrons. The highest BCUT2D eigenvalue weighted by Crippen LogP contribution is 2.30. The Labute approximate surface area is 78.7 Å². The van der Waals surface area contributed by atoms with Crippen LogP contribution in [0, 0.1) is 0 Å². The van der Waals surface area contributed by atoms with Crippen LogP contribution in [0.4, 0.5) is 5.69 Å². The van der Waals surface area contributed by atoms with Crippen molar-refractivity contribution in [2.75, 3.05) is 12.0 Å². The van der Waals surface area contributed by atoms with Crippen LogP contribution in [0.2, 0.25) is 0 Å². The largest absolute Gasteiger partial charge is 0.397 e. The van der Waals surface area contributed by atoms with Crippen LogP contribution >= 0.6 is 11.5 Å². The zero-order valence-electron chi connectivity index (χ0n) is 6.73. The van der Waals surface area contributed by atoms with Crippen LogP contribution < -0.4 is 5.73 Å². The summed E-state index contributed by atoms with van der Waals surface area (Å²) < 4.78 is 26.7. The van der Waals surface area contributed by atoms with Gasteiger partial charge < -0.3 is 10.7 Å². The lowest BCUT2D eigenvalue weighted by molar-refractivity contribution is 0.604. The summed E-state index contributed by atoms with van der Waals surface area (Å²) in [5, 5.41) is 0.507. The number of aromatic amines is 1. The summed E-state index contributed by atoms with van der Waals surface area (Å²) in [6.45, 7) is 0. The Morgan fingerprint density at radius 3 is 2.92 bits per heavy atom. The molecular weight excluding hydrogens is 210 g/mol. The van der Waals surface area contributed by atoms with Crippen molar-refractivity contribution in [1.82, 2.24) is 9.36 Å². The third-order valence-electron chi connectivity index (χ3n) is 1.65. The van der Waals surface area contributed by atoms with E-state index < -0.39 is 9.84 Å². The van der Waals surface area contributed by atoms with Gasteiger partial charge in [-0.2, -0.15) is 4.37 Å². The van der Waals surface area contributed by atoms with Gasteiger partial charge in [-0.25, -0.2) is 8.42 Å². The Morgan fingerprint density at radius 2 is 2.31 bits per heavy atom. The lowest BCUT2D eigenvalue weighted by Crippen LogP contribution is -1.94. The molecule has 0 unspecified atom stereocenters. The fraction of sp³-hybridized carbons (Fsp3) is 0.167. The topological polar surface area (TPSA) is 88.8 Å². The lowest BCUT2D eigenvalue weighted by atomic mass is 10.4. The maximum Gasteiger partial charge on any atom is 0.187 e. The summed E-state index contributed by atoms with van der Waals surface area (Å²) in [6.07, 6.45) is 2.69. The van der Waals surface area contributed by atoms with Crippen LogP contribution in [-0.2, 0) is 9.84 Å². The van der Waals surface area contributed by atoms with Crippen molar-refractivity contribution in [3.63, 3.8) is 0 Å². The molecule has 0 aromatic carbocycles. The van der Waals surface area contributed by atoms with Gasteiger partial charge in [-0.3, -0.25) is 0 Å². The monoisotopic (exact) mass is 217 g/mol. The zero-order chi connectivity index (χ0) is 9.64. The first-order valence-electron chi connectivity index (χ1n) is 3.42. The molecule has 0 spiro atoms. The second kappa shape index (κ2) is 2.46. The van der Waals surface area contributed by atoms with Gasteiger partial charge in [-0.05, 0) is 11.5 Å². The van der Waals surface area contributed by atoms with Crippen molar-refractivity contribution in [3.05, 3.63) is 6.20 Å². The van der Waals surface area contributed by atoms with Gasteiger partial charge in [0.25, 0.3) is 0 Å². The predicted octanol–water partition coefficient (Wildman–Crippen LogP) is 0.610. The minimum absolute atomic E-state index is 0.223. The van der Waals surface area contributed by atoms with Crippen LogP contribution in [0.25, 0.3) is 11.0 Å². The molecule has 0 bridgehead atoms.